The lowest BCUT2D eigenvalue weighted by molar-refractivity contribution is -0.121. The standard InChI is InChI=1S/C6H10N2O2/c1-2-4-3-7-6(10)8-5(4)9/h3,6-7,10H,2H2,1H3,(H,8,9). The quantitative estimate of drug-likeness (QED) is 0.452. The SMILES string of the molecule is CCC1=CNC(O)NC1=O. The molecule has 0 saturated heterocycles. The minimum absolute atomic E-state index is 0.200. The molecule has 1 heterocycles. The van der Waals surface area contributed by atoms with E-state index < -0.39 is 6.35 Å². The van der Waals surface area contributed by atoms with Crippen LogP contribution in [-0.4, -0.2) is 17.4 Å². The molecule has 56 valence electrons. The predicted molar refractivity (Wildman–Crippen MR) is 35.7 cm³/mol. The number of carbonyl (C=O) groups excluding carboxylic acids is 1. The summed E-state index contributed by atoms with van der Waals surface area (Å²) in [6.45, 7) is 1.88. The van der Waals surface area contributed by atoms with Crippen molar-refractivity contribution in [1.82, 2.24) is 10.6 Å². The van der Waals surface area contributed by atoms with Crippen LogP contribution in [0.3, 0.4) is 0 Å². The Morgan fingerprint density at radius 3 is 3.00 bits per heavy atom. The molecule has 0 fully saturated rings. The average molecular weight is 142 g/mol. The predicted octanol–water partition coefficient (Wildman–Crippen LogP) is -0.724. The number of hydrogen-bond acceptors (Lipinski definition) is 3. The molecule has 0 bridgehead atoms. The smallest absolute Gasteiger partial charge is 0.252 e. The highest BCUT2D eigenvalue weighted by Gasteiger charge is 2.15. The first kappa shape index (κ1) is 7.08. The van der Waals surface area contributed by atoms with Gasteiger partial charge in [-0.25, -0.2) is 0 Å². The topological polar surface area (TPSA) is 61.4 Å². The fourth-order valence-electron chi connectivity index (χ4n) is 0.766. The van der Waals surface area contributed by atoms with E-state index in [1.54, 1.807) is 0 Å². The van der Waals surface area contributed by atoms with Gasteiger partial charge in [0.05, 0.1) is 0 Å². The molecule has 0 aromatic rings. The second-order valence-corrected chi connectivity index (χ2v) is 2.07. The van der Waals surface area contributed by atoms with Gasteiger partial charge in [-0.1, -0.05) is 6.92 Å². The Labute approximate surface area is 58.9 Å². The van der Waals surface area contributed by atoms with Gasteiger partial charge in [-0.3, -0.25) is 4.79 Å². The zero-order valence-electron chi connectivity index (χ0n) is 5.72. The van der Waals surface area contributed by atoms with Crippen molar-refractivity contribution in [3.05, 3.63) is 11.8 Å². The van der Waals surface area contributed by atoms with Crippen LogP contribution in [0, 0.1) is 0 Å². The van der Waals surface area contributed by atoms with Crippen LogP contribution in [0.4, 0.5) is 0 Å². The molecule has 0 spiro atoms. The summed E-state index contributed by atoms with van der Waals surface area (Å²) in [4.78, 5) is 10.9. The highest BCUT2D eigenvalue weighted by atomic mass is 16.3. The van der Waals surface area contributed by atoms with E-state index in [4.69, 9.17) is 5.11 Å². The Balaban J connectivity index is 2.66. The van der Waals surface area contributed by atoms with Gasteiger partial charge >= 0.3 is 0 Å². The maximum atomic E-state index is 10.9. The first-order valence-corrected chi connectivity index (χ1v) is 3.18. The molecule has 4 heteroatoms. The van der Waals surface area contributed by atoms with Crippen molar-refractivity contribution >= 4 is 5.91 Å². The van der Waals surface area contributed by atoms with Gasteiger partial charge < -0.3 is 15.7 Å². The van der Waals surface area contributed by atoms with Gasteiger partial charge in [0.2, 0.25) is 6.35 Å². The monoisotopic (exact) mass is 142 g/mol. The minimum Gasteiger partial charge on any atom is -0.356 e. The van der Waals surface area contributed by atoms with Gasteiger partial charge in [-0.2, -0.15) is 0 Å². The number of rotatable bonds is 1. The summed E-state index contributed by atoms with van der Waals surface area (Å²) >= 11 is 0. The molecule has 4 nitrogen and oxygen atoms in total. The van der Waals surface area contributed by atoms with Crippen molar-refractivity contribution in [2.45, 2.75) is 19.7 Å². The number of carbonyl (C=O) groups is 1. The third-order valence-corrected chi connectivity index (χ3v) is 1.36. The van der Waals surface area contributed by atoms with Gasteiger partial charge in [0.15, 0.2) is 0 Å². The van der Waals surface area contributed by atoms with E-state index in [0.717, 1.165) is 0 Å². The van der Waals surface area contributed by atoms with Crippen LogP contribution >= 0.6 is 0 Å². The molecule has 0 aliphatic carbocycles. The highest BCUT2D eigenvalue weighted by molar-refractivity contribution is 5.93. The van der Waals surface area contributed by atoms with Crippen molar-refractivity contribution in [2.75, 3.05) is 0 Å². The average Bonchev–Trinajstić information content (AvgIpc) is 1.88. The summed E-state index contributed by atoms with van der Waals surface area (Å²) in [5.41, 5.74) is 0.658. The van der Waals surface area contributed by atoms with Crippen molar-refractivity contribution in [3.8, 4) is 0 Å². The second kappa shape index (κ2) is 2.70. The highest BCUT2D eigenvalue weighted by Crippen LogP contribution is 2.02. The Morgan fingerprint density at radius 1 is 1.80 bits per heavy atom. The van der Waals surface area contributed by atoms with E-state index in [1.165, 1.54) is 6.20 Å². The maximum absolute atomic E-state index is 10.9. The summed E-state index contributed by atoms with van der Waals surface area (Å²) in [7, 11) is 0. The molecule has 1 unspecified atom stereocenters. The largest absolute Gasteiger partial charge is 0.356 e. The number of aliphatic hydroxyl groups is 1. The molecular weight excluding hydrogens is 132 g/mol. The minimum atomic E-state index is -0.928. The van der Waals surface area contributed by atoms with Crippen molar-refractivity contribution < 1.29 is 9.90 Å². The summed E-state index contributed by atoms with van der Waals surface area (Å²) in [5, 5.41) is 13.7. The van der Waals surface area contributed by atoms with Gasteiger partial charge in [0.25, 0.3) is 5.91 Å². The molecule has 10 heavy (non-hydrogen) atoms. The zero-order valence-corrected chi connectivity index (χ0v) is 5.72. The summed E-state index contributed by atoms with van der Waals surface area (Å²) in [6.07, 6.45) is 1.28. The fourth-order valence-corrected chi connectivity index (χ4v) is 0.766. The lowest BCUT2D eigenvalue weighted by atomic mass is 10.2. The van der Waals surface area contributed by atoms with Crippen LogP contribution < -0.4 is 10.6 Å². The second-order valence-electron chi connectivity index (χ2n) is 2.07. The molecule has 0 saturated carbocycles. The molecule has 0 radical (unpaired) electrons. The number of aliphatic hydroxyl groups excluding tert-OH is 1. The van der Waals surface area contributed by atoms with E-state index >= 15 is 0 Å². The third kappa shape index (κ3) is 1.27. The van der Waals surface area contributed by atoms with Crippen LogP contribution in [0.5, 0.6) is 0 Å². The van der Waals surface area contributed by atoms with E-state index in [9.17, 15) is 4.79 Å². The Morgan fingerprint density at radius 2 is 2.50 bits per heavy atom. The van der Waals surface area contributed by atoms with E-state index in [0.29, 0.717) is 12.0 Å². The van der Waals surface area contributed by atoms with Gasteiger partial charge in [-0.05, 0) is 6.42 Å². The van der Waals surface area contributed by atoms with E-state index in [1.807, 2.05) is 6.92 Å². The normalized spacial score (nSPS) is 24.8. The molecule has 1 aliphatic rings. The molecule has 0 aromatic heterocycles. The molecule has 3 N–H and O–H groups in total. The summed E-state index contributed by atoms with van der Waals surface area (Å²) in [5.74, 6) is -0.200. The Kier molecular flexibility index (Phi) is 1.91. The first-order chi connectivity index (χ1) is 4.74. The van der Waals surface area contributed by atoms with Crippen LogP contribution in [-0.2, 0) is 4.79 Å². The van der Waals surface area contributed by atoms with Crippen molar-refractivity contribution in [1.29, 1.82) is 0 Å². The molecular formula is C6H10N2O2. The molecule has 1 rings (SSSR count). The molecule has 0 aromatic carbocycles. The summed E-state index contributed by atoms with van der Waals surface area (Å²) < 4.78 is 0. The van der Waals surface area contributed by atoms with Crippen LogP contribution in [0.2, 0.25) is 0 Å². The van der Waals surface area contributed by atoms with Crippen LogP contribution in [0.15, 0.2) is 11.8 Å². The van der Waals surface area contributed by atoms with E-state index in [2.05, 4.69) is 10.6 Å². The van der Waals surface area contributed by atoms with Crippen molar-refractivity contribution in [3.63, 3.8) is 0 Å². The number of hydrogen-bond donors (Lipinski definition) is 3. The van der Waals surface area contributed by atoms with Gasteiger partial charge in [0, 0.05) is 11.8 Å². The molecule has 1 amide bonds. The molecule has 1 aliphatic heterocycles. The van der Waals surface area contributed by atoms with Crippen LogP contribution in [0.1, 0.15) is 13.3 Å². The number of amides is 1. The lowest BCUT2D eigenvalue weighted by Gasteiger charge is -2.19. The number of nitrogens with one attached hydrogen (secondary N) is 2. The fraction of sp³-hybridized carbons (Fsp3) is 0.500. The van der Waals surface area contributed by atoms with E-state index in [-0.39, 0.29) is 5.91 Å². The van der Waals surface area contributed by atoms with Crippen molar-refractivity contribution in [2.24, 2.45) is 0 Å². The molecule has 1 atom stereocenters. The van der Waals surface area contributed by atoms with Crippen LogP contribution in [0.25, 0.3) is 0 Å². The zero-order chi connectivity index (χ0) is 7.56. The van der Waals surface area contributed by atoms with Gasteiger partial charge in [0.1, 0.15) is 0 Å². The Hall–Kier alpha value is -1.03. The maximum Gasteiger partial charge on any atom is 0.252 e. The summed E-state index contributed by atoms with van der Waals surface area (Å²) in [6, 6.07) is 0. The van der Waals surface area contributed by atoms with Gasteiger partial charge in [-0.15, -0.1) is 0 Å². The third-order valence-electron chi connectivity index (χ3n) is 1.36. The first-order valence-electron chi connectivity index (χ1n) is 3.18. The lowest BCUT2D eigenvalue weighted by Crippen LogP contribution is -2.47. The Bertz CT molecular complexity index is 177.